The number of thiophene rings is 1. The molecule has 29 heavy (non-hydrogen) atoms. The molecule has 3 aromatic rings. The van der Waals surface area contributed by atoms with Gasteiger partial charge in [-0.3, -0.25) is 4.79 Å². The largest absolute Gasteiger partial charge is 0.495 e. The number of rotatable bonds is 5. The number of hydrogen-bond acceptors (Lipinski definition) is 5. The molecule has 0 bridgehead atoms. The Labute approximate surface area is 173 Å². The van der Waals surface area contributed by atoms with Crippen molar-refractivity contribution in [3.8, 4) is 5.75 Å². The fraction of sp³-hybridized carbons (Fsp3) is 0.190. The number of sulfonamides is 1. The highest BCUT2D eigenvalue weighted by Gasteiger charge is 2.40. The molecule has 0 spiro atoms. The van der Waals surface area contributed by atoms with Crippen LogP contribution in [0.1, 0.15) is 11.1 Å². The van der Waals surface area contributed by atoms with Crippen LogP contribution in [0.2, 0.25) is 0 Å². The number of methoxy groups -OCH3 is 1. The summed E-state index contributed by atoms with van der Waals surface area (Å²) in [6, 6.07) is 17.1. The summed E-state index contributed by atoms with van der Waals surface area (Å²) >= 11 is 1.15. The summed E-state index contributed by atoms with van der Waals surface area (Å²) in [6.07, 6.45) is 0.307. The van der Waals surface area contributed by atoms with Gasteiger partial charge in [0, 0.05) is 6.54 Å². The monoisotopic (exact) mass is 428 g/mol. The van der Waals surface area contributed by atoms with E-state index in [2.05, 4.69) is 5.32 Å². The van der Waals surface area contributed by atoms with E-state index in [-0.39, 0.29) is 16.7 Å². The first kappa shape index (κ1) is 19.6. The molecule has 1 N–H and O–H groups in total. The number of nitrogens with zero attached hydrogens (tertiary/aromatic N) is 1. The smallest absolute Gasteiger partial charge is 0.253 e. The van der Waals surface area contributed by atoms with Gasteiger partial charge in [0.1, 0.15) is 16.0 Å². The second-order valence-corrected chi connectivity index (χ2v) is 9.73. The van der Waals surface area contributed by atoms with Gasteiger partial charge in [-0.15, -0.1) is 11.3 Å². The number of hydrogen-bond donors (Lipinski definition) is 1. The lowest BCUT2D eigenvalue weighted by Gasteiger charge is -2.34. The Hall–Kier alpha value is -2.68. The highest BCUT2D eigenvalue weighted by Crippen LogP contribution is 2.32. The summed E-state index contributed by atoms with van der Waals surface area (Å²) in [7, 11) is -2.28. The van der Waals surface area contributed by atoms with Crippen LogP contribution in [0.15, 0.2) is 70.3 Å². The summed E-state index contributed by atoms with van der Waals surface area (Å²) in [5.74, 6) is 0.133. The van der Waals surface area contributed by atoms with E-state index in [0.29, 0.717) is 17.9 Å². The number of carbonyl (C=O) groups is 1. The predicted molar refractivity (Wildman–Crippen MR) is 113 cm³/mol. The Kier molecular flexibility index (Phi) is 5.40. The normalized spacial score (nSPS) is 16.8. The molecule has 1 atom stereocenters. The second-order valence-electron chi connectivity index (χ2n) is 6.66. The molecule has 0 radical (unpaired) electrons. The number of amides is 1. The van der Waals surface area contributed by atoms with Gasteiger partial charge >= 0.3 is 0 Å². The fourth-order valence-electron chi connectivity index (χ4n) is 3.46. The van der Waals surface area contributed by atoms with E-state index in [1.165, 1.54) is 11.4 Å². The topological polar surface area (TPSA) is 75.7 Å². The SMILES string of the molecule is COc1ccccc1NC(=O)[C@H]1Cc2ccccc2CN1S(=O)(=O)c1cccs1. The molecule has 0 saturated carbocycles. The summed E-state index contributed by atoms with van der Waals surface area (Å²) in [6.45, 7) is 0.153. The van der Waals surface area contributed by atoms with E-state index in [0.717, 1.165) is 22.5 Å². The van der Waals surface area contributed by atoms with Gasteiger partial charge in [-0.25, -0.2) is 8.42 Å². The van der Waals surface area contributed by atoms with Crippen LogP contribution in [0.25, 0.3) is 0 Å². The minimum absolute atomic E-state index is 0.153. The Morgan fingerprint density at radius 3 is 2.52 bits per heavy atom. The number of carbonyl (C=O) groups excluding carboxylic acids is 1. The van der Waals surface area contributed by atoms with Crippen molar-refractivity contribution < 1.29 is 17.9 Å². The van der Waals surface area contributed by atoms with E-state index in [9.17, 15) is 13.2 Å². The third kappa shape index (κ3) is 3.78. The zero-order valence-electron chi connectivity index (χ0n) is 15.7. The van der Waals surface area contributed by atoms with Crippen LogP contribution in [-0.4, -0.2) is 31.8 Å². The molecular formula is C21H20N2O4S2. The highest BCUT2D eigenvalue weighted by atomic mass is 32.2. The Morgan fingerprint density at radius 1 is 1.07 bits per heavy atom. The average molecular weight is 429 g/mol. The quantitative estimate of drug-likeness (QED) is 0.675. The third-order valence-corrected chi connectivity index (χ3v) is 8.16. The zero-order chi connectivity index (χ0) is 20.4. The van der Waals surface area contributed by atoms with Crippen molar-refractivity contribution >= 4 is 33.0 Å². The lowest BCUT2D eigenvalue weighted by molar-refractivity contribution is -0.120. The lowest BCUT2D eigenvalue weighted by atomic mass is 9.95. The van der Waals surface area contributed by atoms with Gasteiger partial charge in [-0.2, -0.15) is 4.31 Å². The molecular weight excluding hydrogens is 408 g/mol. The summed E-state index contributed by atoms with van der Waals surface area (Å²) in [5, 5.41) is 4.56. The number of nitrogens with one attached hydrogen (secondary N) is 1. The van der Waals surface area contributed by atoms with Crippen molar-refractivity contribution in [2.45, 2.75) is 23.2 Å². The van der Waals surface area contributed by atoms with Gasteiger partial charge in [0.15, 0.2) is 0 Å². The van der Waals surface area contributed by atoms with Crippen LogP contribution in [0.5, 0.6) is 5.75 Å². The van der Waals surface area contributed by atoms with E-state index in [4.69, 9.17) is 4.74 Å². The van der Waals surface area contributed by atoms with Gasteiger partial charge in [-0.05, 0) is 41.1 Å². The number of anilines is 1. The zero-order valence-corrected chi connectivity index (χ0v) is 17.4. The second kappa shape index (κ2) is 7.98. The van der Waals surface area contributed by atoms with E-state index < -0.39 is 16.1 Å². The minimum atomic E-state index is -3.80. The molecule has 0 fully saturated rings. The van der Waals surface area contributed by atoms with Crippen molar-refractivity contribution in [3.63, 3.8) is 0 Å². The lowest BCUT2D eigenvalue weighted by Crippen LogP contribution is -2.50. The van der Waals surface area contributed by atoms with Gasteiger partial charge < -0.3 is 10.1 Å². The number of para-hydroxylation sites is 2. The van der Waals surface area contributed by atoms with Gasteiger partial charge in [0.25, 0.3) is 10.0 Å². The van der Waals surface area contributed by atoms with E-state index >= 15 is 0 Å². The molecule has 8 heteroatoms. The van der Waals surface area contributed by atoms with Crippen LogP contribution in [0.4, 0.5) is 5.69 Å². The fourth-order valence-corrected chi connectivity index (χ4v) is 6.15. The average Bonchev–Trinajstić information content (AvgIpc) is 3.29. The van der Waals surface area contributed by atoms with E-state index in [1.54, 1.807) is 41.8 Å². The van der Waals surface area contributed by atoms with Crippen molar-refractivity contribution in [1.29, 1.82) is 0 Å². The van der Waals surface area contributed by atoms with Crippen LogP contribution in [0.3, 0.4) is 0 Å². The Morgan fingerprint density at radius 2 is 1.79 bits per heavy atom. The molecule has 1 amide bonds. The number of benzene rings is 2. The molecule has 1 aromatic heterocycles. The maximum absolute atomic E-state index is 13.3. The predicted octanol–water partition coefficient (Wildman–Crippen LogP) is 3.51. The highest BCUT2D eigenvalue weighted by molar-refractivity contribution is 7.91. The van der Waals surface area contributed by atoms with Gasteiger partial charge in [-0.1, -0.05) is 42.5 Å². The first-order valence-corrected chi connectivity index (χ1v) is 11.4. The molecule has 4 rings (SSSR count). The maximum Gasteiger partial charge on any atom is 0.253 e. The van der Waals surface area contributed by atoms with Crippen LogP contribution < -0.4 is 10.1 Å². The van der Waals surface area contributed by atoms with Crippen LogP contribution in [0, 0.1) is 0 Å². The molecule has 6 nitrogen and oxygen atoms in total. The molecule has 1 aliphatic heterocycles. The molecule has 1 aliphatic rings. The van der Waals surface area contributed by atoms with Crippen molar-refractivity contribution in [2.75, 3.05) is 12.4 Å². The Balaban J connectivity index is 1.71. The number of ether oxygens (including phenoxy) is 1. The molecule has 150 valence electrons. The summed E-state index contributed by atoms with van der Waals surface area (Å²) < 4.78 is 33.4. The molecule has 2 aromatic carbocycles. The van der Waals surface area contributed by atoms with Crippen molar-refractivity contribution in [2.24, 2.45) is 0 Å². The third-order valence-electron chi connectivity index (χ3n) is 4.93. The van der Waals surface area contributed by atoms with Crippen LogP contribution >= 0.6 is 11.3 Å². The van der Waals surface area contributed by atoms with Crippen LogP contribution in [-0.2, 0) is 27.8 Å². The Bertz CT molecular complexity index is 1130. The number of fused-ring (bicyclic) bond motifs is 1. The molecule has 2 heterocycles. The molecule has 0 aliphatic carbocycles. The van der Waals surface area contributed by atoms with Gasteiger partial charge in [0.05, 0.1) is 12.8 Å². The maximum atomic E-state index is 13.3. The summed E-state index contributed by atoms with van der Waals surface area (Å²) in [5.41, 5.74) is 2.40. The van der Waals surface area contributed by atoms with Crippen molar-refractivity contribution in [3.05, 3.63) is 77.2 Å². The summed E-state index contributed by atoms with van der Waals surface area (Å²) in [4.78, 5) is 13.2. The molecule has 0 unspecified atom stereocenters. The minimum Gasteiger partial charge on any atom is -0.495 e. The first-order chi connectivity index (χ1) is 14.0. The molecule has 0 saturated heterocycles. The first-order valence-electron chi connectivity index (χ1n) is 9.06. The van der Waals surface area contributed by atoms with Gasteiger partial charge in [0.2, 0.25) is 5.91 Å². The van der Waals surface area contributed by atoms with E-state index in [1.807, 2.05) is 24.3 Å². The standard InChI is InChI=1S/C21H20N2O4S2/c1-27-19-10-5-4-9-17(19)22-21(24)18-13-15-7-2-3-8-16(15)14-23(18)29(25,26)20-11-6-12-28-20/h2-12,18H,13-14H2,1H3,(H,22,24)/t18-/m1/s1. The van der Waals surface area contributed by atoms with Crippen molar-refractivity contribution in [1.82, 2.24) is 4.31 Å².